The summed E-state index contributed by atoms with van der Waals surface area (Å²) >= 11 is 18.5. The SMILES string of the molecule is CCS(=O)(=O)CC(O)COC1(C)C=CC(C(C)(C)c2cc(Cl)c(OCC(O)CCl)c(Cl)c2)=CC1. The van der Waals surface area contributed by atoms with Gasteiger partial charge in [0.1, 0.15) is 12.7 Å². The fourth-order valence-corrected chi connectivity index (χ4v) is 5.08. The van der Waals surface area contributed by atoms with E-state index in [2.05, 4.69) is 6.08 Å². The topological polar surface area (TPSA) is 93.1 Å². The molecule has 3 atom stereocenters. The van der Waals surface area contributed by atoms with Crippen molar-refractivity contribution in [2.45, 2.75) is 57.3 Å². The average molecular weight is 556 g/mol. The lowest BCUT2D eigenvalue weighted by atomic mass is 9.74. The first kappa shape index (κ1) is 29.4. The lowest BCUT2D eigenvalue weighted by Gasteiger charge is -2.34. The van der Waals surface area contributed by atoms with E-state index in [0.717, 1.165) is 11.1 Å². The number of sulfone groups is 1. The first-order chi connectivity index (χ1) is 15.7. The molecule has 0 fully saturated rings. The van der Waals surface area contributed by atoms with Crippen LogP contribution in [0, 0.1) is 0 Å². The summed E-state index contributed by atoms with van der Waals surface area (Å²) in [6.45, 7) is 7.45. The minimum atomic E-state index is -3.28. The number of halogens is 3. The van der Waals surface area contributed by atoms with Gasteiger partial charge in [-0.3, -0.25) is 0 Å². The Kier molecular flexibility index (Phi) is 10.4. The summed E-state index contributed by atoms with van der Waals surface area (Å²) in [5.41, 5.74) is 0.815. The number of benzene rings is 1. The van der Waals surface area contributed by atoms with E-state index in [1.165, 1.54) is 0 Å². The van der Waals surface area contributed by atoms with E-state index >= 15 is 0 Å². The van der Waals surface area contributed by atoms with Crippen LogP contribution in [-0.4, -0.2) is 67.0 Å². The molecule has 1 aliphatic rings. The molecule has 0 bridgehead atoms. The summed E-state index contributed by atoms with van der Waals surface area (Å²) in [6, 6.07) is 3.58. The Morgan fingerprint density at radius 2 is 1.76 bits per heavy atom. The highest BCUT2D eigenvalue weighted by Crippen LogP contribution is 2.42. The Bertz CT molecular complexity index is 999. The second-order valence-electron chi connectivity index (χ2n) is 9.19. The summed E-state index contributed by atoms with van der Waals surface area (Å²) in [6.07, 6.45) is 4.58. The Morgan fingerprint density at radius 3 is 2.26 bits per heavy atom. The Labute approximate surface area is 217 Å². The third-order valence-corrected chi connectivity index (χ3v) is 8.56. The molecule has 0 saturated heterocycles. The molecule has 1 aliphatic carbocycles. The van der Waals surface area contributed by atoms with Crippen molar-refractivity contribution in [3.63, 3.8) is 0 Å². The smallest absolute Gasteiger partial charge is 0.156 e. The van der Waals surface area contributed by atoms with E-state index in [0.29, 0.717) is 22.2 Å². The summed E-state index contributed by atoms with van der Waals surface area (Å²) in [4.78, 5) is 0. The van der Waals surface area contributed by atoms with E-state index in [9.17, 15) is 18.6 Å². The fraction of sp³-hybridized carbons (Fsp3) is 0.583. The normalized spacial score (nSPS) is 20.7. The van der Waals surface area contributed by atoms with Crippen LogP contribution in [0.25, 0.3) is 0 Å². The molecule has 0 amide bonds. The van der Waals surface area contributed by atoms with Gasteiger partial charge in [-0.05, 0) is 36.6 Å². The molecule has 6 nitrogen and oxygen atoms in total. The molecular weight excluding hydrogens is 523 g/mol. The van der Waals surface area contributed by atoms with Crippen LogP contribution in [0.3, 0.4) is 0 Å². The molecule has 0 aromatic heterocycles. The van der Waals surface area contributed by atoms with Crippen LogP contribution in [0.4, 0.5) is 0 Å². The average Bonchev–Trinajstić information content (AvgIpc) is 2.77. The van der Waals surface area contributed by atoms with Gasteiger partial charge in [0.2, 0.25) is 0 Å². The zero-order valence-electron chi connectivity index (χ0n) is 19.9. The predicted octanol–water partition coefficient (Wildman–Crippen LogP) is 4.71. The summed E-state index contributed by atoms with van der Waals surface area (Å²) in [5, 5.41) is 20.3. The molecule has 2 rings (SSSR count). The van der Waals surface area contributed by atoms with Gasteiger partial charge in [-0.2, -0.15) is 0 Å². The number of hydrogen-bond donors (Lipinski definition) is 2. The molecule has 192 valence electrons. The van der Waals surface area contributed by atoms with Crippen molar-refractivity contribution in [3.05, 3.63) is 51.5 Å². The summed E-state index contributed by atoms with van der Waals surface area (Å²) in [7, 11) is -3.28. The van der Waals surface area contributed by atoms with Crippen molar-refractivity contribution in [2.75, 3.05) is 30.6 Å². The van der Waals surface area contributed by atoms with Crippen LogP contribution in [0.2, 0.25) is 10.0 Å². The van der Waals surface area contributed by atoms with Crippen LogP contribution >= 0.6 is 34.8 Å². The van der Waals surface area contributed by atoms with Crippen LogP contribution in [0.1, 0.15) is 39.7 Å². The molecule has 10 heteroatoms. The second kappa shape index (κ2) is 12.0. The number of aliphatic hydroxyl groups excluding tert-OH is 2. The molecule has 1 aromatic carbocycles. The Hall–Kier alpha value is -0.800. The van der Waals surface area contributed by atoms with Gasteiger partial charge in [0.05, 0.1) is 40.0 Å². The van der Waals surface area contributed by atoms with E-state index in [1.54, 1.807) is 19.1 Å². The van der Waals surface area contributed by atoms with Crippen LogP contribution in [-0.2, 0) is 20.0 Å². The molecular formula is C24H33Cl3O6S. The largest absolute Gasteiger partial charge is 0.488 e. The minimum Gasteiger partial charge on any atom is -0.488 e. The van der Waals surface area contributed by atoms with Gasteiger partial charge in [-0.1, -0.05) is 62.2 Å². The first-order valence-corrected chi connectivity index (χ1v) is 14.1. The third kappa shape index (κ3) is 7.85. The molecule has 0 spiro atoms. The maximum atomic E-state index is 11.7. The first-order valence-electron chi connectivity index (χ1n) is 11.0. The van der Waals surface area contributed by atoms with Crippen LogP contribution in [0.15, 0.2) is 35.9 Å². The summed E-state index contributed by atoms with van der Waals surface area (Å²) < 4.78 is 34.8. The molecule has 3 unspecified atom stereocenters. The molecule has 2 N–H and O–H groups in total. The predicted molar refractivity (Wildman–Crippen MR) is 138 cm³/mol. The maximum Gasteiger partial charge on any atom is 0.156 e. The third-order valence-electron chi connectivity index (χ3n) is 5.87. The number of hydrogen-bond acceptors (Lipinski definition) is 6. The minimum absolute atomic E-state index is 0.0150. The number of aliphatic hydroxyl groups is 2. The molecule has 0 radical (unpaired) electrons. The van der Waals surface area contributed by atoms with Gasteiger partial charge >= 0.3 is 0 Å². The quantitative estimate of drug-likeness (QED) is 0.363. The lowest BCUT2D eigenvalue weighted by Crippen LogP contribution is -2.35. The van der Waals surface area contributed by atoms with Gasteiger partial charge in [-0.25, -0.2) is 8.42 Å². The van der Waals surface area contributed by atoms with Gasteiger partial charge in [-0.15, -0.1) is 11.6 Å². The molecule has 0 saturated carbocycles. The highest BCUT2D eigenvalue weighted by molar-refractivity contribution is 7.91. The number of rotatable bonds is 12. The van der Waals surface area contributed by atoms with Crippen molar-refractivity contribution in [2.24, 2.45) is 0 Å². The zero-order valence-corrected chi connectivity index (χ0v) is 22.9. The molecule has 34 heavy (non-hydrogen) atoms. The second-order valence-corrected chi connectivity index (χ2v) is 12.7. The van der Waals surface area contributed by atoms with E-state index in [4.69, 9.17) is 44.3 Å². The van der Waals surface area contributed by atoms with E-state index in [1.807, 2.05) is 32.9 Å². The Morgan fingerprint density at radius 1 is 1.15 bits per heavy atom. The highest BCUT2D eigenvalue weighted by atomic mass is 35.5. The highest BCUT2D eigenvalue weighted by Gasteiger charge is 2.32. The fourth-order valence-electron chi connectivity index (χ4n) is 3.48. The molecule has 1 aromatic rings. The maximum absolute atomic E-state index is 11.7. The lowest BCUT2D eigenvalue weighted by molar-refractivity contribution is -0.0355. The van der Waals surface area contributed by atoms with Crippen molar-refractivity contribution < 1.29 is 28.1 Å². The summed E-state index contributed by atoms with van der Waals surface area (Å²) in [5.74, 6) is 0.00714. The van der Waals surface area contributed by atoms with Gasteiger partial charge in [0, 0.05) is 11.2 Å². The van der Waals surface area contributed by atoms with Crippen molar-refractivity contribution in [1.82, 2.24) is 0 Å². The van der Waals surface area contributed by atoms with E-state index in [-0.39, 0.29) is 30.6 Å². The van der Waals surface area contributed by atoms with Crippen molar-refractivity contribution in [1.29, 1.82) is 0 Å². The number of ether oxygens (including phenoxy) is 2. The van der Waals surface area contributed by atoms with Crippen LogP contribution < -0.4 is 4.74 Å². The van der Waals surface area contributed by atoms with Crippen molar-refractivity contribution in [3.8, 4) is 5.75 Å². The molecule has 0 aliphatic heterocycles. The van der Waals surface area contributed by atoms with Gasteiger partial charge in [0.15, 0.2) is 15.6 Å². The van der Waals surface area contributed by atoms with E-state index < -0.39 is 33.1 Å². The number of allylic oxidation sites excluding steroid dienone is 2. The van der Waals surface area contributed by atoms with Gasteiger partial charge < -0.3 is 19.7 Å². The number of alkyl halides is 1. The van der Waals surface area contributed by atoms with Crippen molar-refractivity contribution >= 4 is 44.6 Å². The van der Waals surface area contributed by atoms with Crippen LogP contribution in [0.5, 0.6) is 5.75 Å². The monoisotopic (exact) mass is 554 g/mol. The molecule has 0 heterocycles. The Balaban J connectivity index is 2.10. The zero-order chi connectivity index (χ0) is 25.7. The van der Waals surface area contributed by atoms with Gasteiger partial charge in [0.25, 0.3) is 0 Å². The standard InChI is InChI=1S/C24H33Cl3O6S/c1-5-34(30,31)15-19(29)14-33-24(4)8-6-16(7-9-24)23(2,3)17-10-20(26)22(21(27)11-17)32-13-18(28)12-25/h6-8,10-11,18-19,28-29H,5,9,12-15H2,1-4H3.